The van der Waals surface area contributed by atoms with E-state index in [1.165, 1.54) is 0 Å². The van der Waals surface area contributed by atoms with Gasteiger partial charge in [-0.1, -0.05) is 12.1 Å². The number of hydrogen-bond donors (Lipinski definition) is 1. The van der Waals surface area contributed by atoms with Gasteiger partial charge < -0.3 is 5.11 Å². The number of aliphatic carboxylic acids is 1. The number of thiophene rings is 1. The van der Waals surface area contributed by atoms with Gasteiger partial charge in [-0.15, -0.1) is 11.3 Å². The van der Waals surface area contributed by atoms with Crippen LogP contribution < -0.4 is 0 Å². The molecule has 13 heavy (non-hydrogen) atoms. The van der Waals surface area contributed by atoms with Gasteiger partial charge in [0.15, 0.2) is 0 Å². The van der Waals surface area contributed by atoms with Crippen LogP contribution in [0.1, 0.15) is 5.56 Å². The van der Waals surface area contributed by atoms with E-state index in [-0.39, 0.29) is 6.42 Å². The fraction of sp³-hybridized carbons (Fsp3) is 0.100. The van der Waals surface area contributed by atoms with Crippen LogP contribution in [0.3, 0.4) is 0 Å². The molecular weight excluding hydrogens is 184 g/mol. The first-order valence-corrected chi connectivity index (χ1v) is 4.82. The van der Waals surface area contributed by atoms with Gasteiger partial charge in [0, 0.05) is 4.70 Å². The van der Waals surface area contributed by atoms with Crippen molar-refractivity contribution < 1.29 is 9.90 Å². The molecule has 0 saturated heterocycles. The molecule has 2 rings (SSSR count). The number of carbonyl (C=O) groups is 1. The van der Waals surface area contributed by atoms with Crippen LogP contribution in [0.2, 0.25) is 0 Å². The van der Waals surface area contributed by atoms with E-state index >= 15 is 0 Å². The van der Waals surface area contributed by atoms with Crippen LogP contribution in [0.4, 0.5) is 0 Å². The summed E-state index contributed by atoms with van der Waals surface area (Å²) in [5.41, 5.74) is 0.895. The van der Waals surface area contributed by atoms with Crippen LogP contribution in [-0.2, 0) is 11.2 Å². The highest BCUT2D eigenvalue weighted by Crippen LogP contribution is 2.24. The second-order valence-corrected chi connectivity index (χ2v) is 3.77. The third-order valence-corrected chi connectivity index (χ3v) is 2.81. The highest BCUT2D eigenvalue weighted by molar-refractivity contribution is 7.17. The summed E-state index contributed by atoms with van der Waals surface area (Å²) >= 11 is 1.64. The lowest BCUT2D eigenvalue weighted by Gasteiger charge is -1.98. The molecule has 0 aliphatic heterocycles. The molecular formula is C10H8O2S. The minimum Gasteiger partial charge on any atom is -0.481 e. The van der Waals surface area contributed by atoms with Crippen LogP contribution in [0.25, 0.3) is 10.1 Å². The first-order valence-electron chi connectivity index (χ1n) is 3.94. The molecule has 0 unspecified atom stereocenters. The summed E-state index contributed by atoms with van der Waals surface area (Å²) < 4.78 is 1.15. The number of fused-ring (bicyclic) bond motifs is 1. The molecule has 3 heteroatoms. The molecule has 0 atom stereocenters. The lowest BCUT2D eigenvalue weighted by Crippen LogP contribution is -1.99. The Bertz CT molecular complexity index is 445. The zero-order valence-electron chi connectivity index (χ0n) is 6.86. The van der Waals surface area contributed by atoms with E-state index in [0.717, 1.165) is 15.6 Å². The maximum absolute atomic E-state index is 10.5. The van der Waals surface area contributed by atoms with Crippen molar-refractivity contribution in [3.63, 3.8) is 0 Å². The van der Waals surface area contributed by atoms with E-state index < -0.39 is 5.97 Å². The van der Waals surface area contributed by atoms with E-state index in [1.54, 1.807) is 11.3 Å². The summed E-state index contributed by atoms with van der Waals surface area (Å²) in [4.78, 5) is 10.5. The third kappa shape index (κ3) is 1.55. The van der Waals surface area contributed by atoms with Gasteiger partial charge in [0.05, 0.1) is 6.42 Å². The molecule has 1 N–H and O–H groups in total. The van der Waals surface area contributed by atoms with E-state index in [4.69, 9.17) is 5.11 Å². The molecule has 1 aromatic heterocycles. The minimum absolute atomic E-state index is 0.105. The van der Waals surface area contributed by atoms with Crippen molar-refractivity contribution in [1.82, 2.24) is 0 Å². The molecule has 0 aliphatic rings. The Morgan fingerprint density at radius 1 is 1.38 bits per heavy atom. The smallest absolute Gasteiger partial charge is 0.307 e. The van der Waals surface area contributed by atoms with Gasteiger partial charge in [-0.05, 0) is 28.5 Å². The second-order valence-electron chi connectivity index (χ2n) is 2.82. The Kier molecular flexibility index (Phi) is 2.02. The van der Waals surface area contributed by atoms with Gasteiger partial charge in [-0.3, -0.25) is 4.79 Å². The number of rotatable bonds is 2. The maximum Gasteiger partial charge on any atom is 0.307 e. The van der Waals surface area contributed by atoms with Crippen LogP contribution in [0.15, 0.2) is 29.6 Å². The maximum atomic E-state index is 10.5. The normalized spacial score (nSPS) is 10.5. The van der Waals surface area contributed by atoms with Gasteiger partial charge in [0.1, 0.15) is 0 Å². The summed E-state index contributed by atoms with van der Waals surface area (Å²) in [6.45, 7) is 0. The predicted molar refractivity (Wildman–Crippen MR) is 53.2 cm³/mol. The van der Waals surface area contributed by atoms with Crippen molar-refractivity contribution >= 4 is 27.4 Å². The molecule has 2 nitrogen and oxygen atoms in total. The SMILES string of the molecule is O=C(O)Cc1cccc2sccc12. The summed E-state index contributed by atoms with van der Waals surface area (Å²) in [6.07, 6.45) is 0.105. The Hall–Kier alpha value is -1.35. The number of carboxylic acid groups (broad SMARTS) is 1. The van der Waals surface area contributed by atoms with Gasteiger partial charge in [0.25, 0.3) is 0 Å². The van der Waals surface area contributed by atoms with Gasteiger partial charge in [0.2, 0.25) is 0 Å². The van der Waals surface area contributed by atoms with Crippen molar-refractivity contribution in [2.24, 2.45) is 0 Å². The van der Waals surface area contributed by atoms with Crippen molar-refractivity contribution in [3.8, 4) is 0 Å². The van der Waals surface area contributed by atoms with Crippen molar-refractivity contribution in [3.05, 3.63) is 35.2 Å². The predicted octanol–water partition coefficient (Wildman–Crippen LogP) is 2.53. The second kappa shape index (κ2) is 3.18. The molecule has 0 fully saturated rings. The number of carboxylic acids is 1. The van der Waals surface area contributed by atoms with Crippen LogP contribution in [0.5, 0.6) is 0 Å². The van der Waals surface area contributed by atoms with Gasteiger partial charge in [-0.2, -0.15) is 0 Å². The largest absolute Gasteiger partial charge is 0.481 e. The molecule has 0 spiro atoms. The van der Waals surface area contributed by atoms with Gasteiger partial charge >= 0.3 is 5.97 Å². The molecule has 0 amide bonds. The van der Waals surface area contributed by atoms with E-state index in [2.05, 4.69) is 0 Å². The van der Waals surface area contributed by atoms with E-state index in [1.807, 2.05) is 29.6 Å². The molecule has 0 bridgehead atoms. The Labute approximate surface area is 79.4 Å². The third-order valence-electron chi connectivity index (χ3n) is 1.93. The molecule has 1 heterocycles. The Morgan fingerprint density at radius 2 is 2.23 bits per heavy atom. The summed E-state index contributed by atoms with van der Waals surface area (Å²) in [5.74, 6) is -0.779. The Morgan fingerprint density at radius 3 is 3.00 bits per heavy atom. The number of benzene rings is 1. The first kappa shape index (κ1) is 8.26. The molecule has 0 aliphatic carbocycles. The average molecular weight is 192 g/mol. The zero-order valence-corrected chi connectivity index (χ0v) is 7.67. The molecule has 2 aromatic rings. The molecule has 1 aromatic carbocycles. The highest BCUT2D eigenvalue weighted by Gasteiger charge is 2.04. The molecule has 0 saturated carbocycles. The number of hydrogen-bond acceptors (Lipinski definition) is 2. The highest BCUT2D eigenvalue weighted by atomic mass is 32.1. The lowest BCUT2D eigenvalue weighted by atomic mass is 10.1. The standard InChI is InChI=1S/C10H8O2S/c11-10(12)6-7-2-1-3-9-8(7)4-5-13-9/h1-5H,6H2,(H,11,12). The quantitative estimate of drug-likeness (QED) is 0.793. The van der Waals surface area contributed by atoms with Crippen LogP contribution in [-0.4, -0.2) is 11.1 Å². The van der Waals surface area contributed by atoms with Crippen molar-refractivity contribution in [1.29, 1.82) is 0 Å². The first-order chi connectivity index (χ1) is 6.27. The zero-order chi connectivity index (χ0) is 9.26. The lowest BCUT2D eigenvalue weighted by molar-refractivity contribution is -0.136. The van der Waals surface area contributed by atoms with Crippen molar-refractivity contribution in [2.45, 2.75) is 6.42 Å². The van der Waals surface area contributed by atoms with Crippen LogP contribution >= 0.6 is 11.3 Å². The Balaban J connectivity index is 2.54. The molecule has 66 valence electrons. The summed E-state index contributed by atoms with van der Waals surface area (Å²) in [6, 6.07) is 7.74. The fourth-order valence-electron chi connectivity index (χ4n) is 1.37. The monoisotopic (exact) mass is 192 g/mol. The minimum atomic E-state index is -0.779. The van der Waals surface area contributed by atoms with E-state index in [0.29, 0.717) is 0 Å². The summed E-state index contributed by atoms with van der Waals surface area (Å²) in [7, 11) is 0. The van der Waals surface area contributed by atoms with E-state index in [9.17, 15) is 4.79 Å². The average Bonchev–Trinajstić information content (AvgIpc) is 2.51. The fourth-order valence-corrected chi connectivity index (χ4v) is 2.21. The topological polar surface area (TPSA) is 37.3 Å². The van der Waals surface area contributed by atoms with Crippen LogP contribution in [0, 0.1) is 0 Å². The van der Waals surface area contributed by atoms with Crippen molar-refractivity contribution in [2.75, 3.05) is 0 Å². The molecule has 0 radical (unpaired) electrons. The summed E-state index contributed by atoms with van der Waals surface area (Å²) in [5, 5.41) is 11.7. The van der Waals surface area contributed by atoms with Gasteiger partial charge in [-0.25, -0.2) is 0 Å².